The number of thioether (sulfide) groups is 1. The first-order valence-corrected chi connectivity index (χ1v) is 8.37. The fraction of sp³-hybridized carbons (Fsp3) is 0.375. The van der Waals surface area contributed by atoms with Crippen LogP contribution in [0.2, 0.25) is 0 Å². The van der Waals surface area contributed by atoms with Crippen LogP contribution >= 0.6 is 11.8 Å². The molecule has 0 spiro atoms. The summed E-state index contributed by atoms with van der Waals surface area (Å²) in [5, 5.41) is 13.4. The number of nitrogens with one attached hydrogen (secondary N) is 1. The van der Waals surface area contributed by atoms with E-state index in [2.05, 4.69) is 5.32 Å². The zero-order valence-corrected chi connectivity index (χ0v) is 15.3. The Kier molecular flexibility index (Phi) is 7.44. The summed E-state index contributed by atoms with van der Waals surface area (Å²) in [5.74, 6) is 0.0946. The van der Waals surface area contributed by atoms with Crippen molar-refractivity contribution in [1.82, 2.24) is 9.80 Å². The van der Waals surface area contributed by atoms with E-state index in [0.29, 0.717) is 17.7 Å². The molecule has 1 rings (SSSR count). The predicted molar refractivity (Wildman–Crippen MR) is 96.5 cm³/mol. The molecule has 0 heterocycles. The highest BCUT2D eigenvalue weighted by Crippen LogP contribution is 2.42. The molecule has 0 aliphatic heterocycles. The summed E-state index contributed by atoms with van der Waals surface area (Å²) >= 11 is 1.47. The highest BCUT2D eigenvalue weighted by molar-refractivity contribution is 7.98. The van der Waals surface area contributed by atoms with Crippen LogP contribution in [0, 0.1) is 0 Å². The van der Waals surface area contributed by atoms with E-state index in [9.17, 15) is 14.7 Å². The molecule has 0 aromatic heterocycles. The standard InChI is InChI=1S/C16H23N3O4S/c1-17-12-8-13(23-4)15(22)11(16(12)24-5)6-7-19(3)14(21)9-18(2)10-20/h6-8,10,17,22H,9H2,1-5H3/b7-6+. The number of carbonyl (C=O) groups is 2. The van der Waals surface area contributed by atoms with Crippen molar-refractivity contribution in [3.63, 3.8) is 0 Å². The summed E-state index contributed by atoms with van der Waals surface area (Å²) < 4.78 is 5.19. The molecule has 7 nitrogen and oxygen atoms in total. The Hall–Kier alpha value is -2.35. The van der Waals surface area contributed by atoms with Crippen LogP contribution in [0.5, 0.6) is 11.5 Å². The van der Waals surface area contributed by atoms with Gasteiger partial charge in [0.05, 0.1) is 19.3 Å². The molecule has 8 heteroatoms. The summed E-state index contributed by atoms with van der Waals surface area (Å²) in [7, 11) is 6.38. The molecular formula is C16H23N3O4S. The average Bonchev–Trinajstić information content (AvgIpc) is 2.59. The van der Waals surface area contributed by atoms with Gasteiger partial charge in [0.2, 0.25) is 12.3 Å². The number of hydrogen-bond acceptors (Lipinski definition) is 6. The second-order valence-corrected chi connectivity index (χ2v) is 5.83. The maximum Gasteiger partial charge on any atom is 0.245 e. The minimum Gasteiger partial charge on any atom is -0.504 e. The van der Waals surface area contributed by atoms with Crippen molar-refractivity contribution in [1.29, 1.82) is 0 Å². The Morgan fingerprint density at radius 3 is 2.62 bits per heavy atom. The van der Waals surface area contributed by atoms with Crippen LogP contribution in [0.15, 0.2) is 17.2 Å². The van der Waals surface area contributed by atoms with Crippen molar-refractivity contribution in [3.05, 3.63) is 17.8 Å². The van der Waals surface area contributed by atoms with Gasteiger partial charge in [-0.3, -0.25) is 9.59 Å². The van der Waals surface area contributed by atoms with Crippen molar-refractivity contribution in [2.75, 3.05) is 46.4 Å². The molecular weight excluding hydrogens is 330 g/mol. The quantitative estimate of drug-likeness (QED) is 0.420. The topological polar surface area (TPSA) is 82.1 Å². The first kappa shape index (κ1) is 19.7. The molecule has 0 saturated heterocycles. The smallest absolute Gasteiger partial charge is 0.245 e. The fourth-order valence-corrected chi connectivity index (χ4v) is 2.76. The van der Waals surface area contributed by atoms with Crippen molar-refractivity contribution >= 4 is 35.8 Å². The van der Waals surface area contributed by atoms with Gasteiger partial charge in [-0.2, -0.15) is 0 Å². The molecule has 0 atom stereocenters. The molecule has 0 aliphatic rings. The van der Waals surface area contributed by atoms with Gasteiger partial charge in [0.25, 0.3) is 0 Å². The molecule has 0 unspecified atom stereocenters. The van der Waals surface area contributed by atoms with E-state index < -0.39 is 0 Å². The van der Waals surface area contributed by atoms with Gasteiger partial charge in [-0.1, -0.05) is 0 Å². The van der Waals surface area contributed by atoms with Crippen LogP contribution < -0.4 is 10.1 Å². The monoisotopic (exact) mass is 353 g/mol. The lowest BCUT2D eigenvalue weighted by molar-refractivity contribution is -0.131. The second kappa shape index (κ2) is 9.07. The van der Waals surface area contributed by atoms with Crippen molar-refractivity contribution in [3.8, 4) is 11.5 Å². The van der Waals surface area contributed by atoms with E-state index in [1.54, 1.807) is 32.4 Å². The van der Waals surface area contributed by atoms with Crippen LogP contribution in [-0.2, 0) is 9.59 Å². The Balaban J connectivity index is 3.16. The number of likely N-dealkylation sites (N-methyl/N-ethyl adjacent to an activating group) is 2. The lowest BCUT2D eigenvalue weighted by Crippen LogP contribution is -2.33. The number of hydrogen-bond donors (Lipinski definition) is 2. The van der Waals surface area contributed by atoms with E-state index in [1.807, 2.05) is 6.26 Å². The van der Waals surface area contributed by atoms with E-state index >= 15 is 0 Å². The summed E-state index contributed by atoms with van der Waals surface area (Å²) in [6.07, 6.45) is 5.68. The van der Waals surface area contributed by atoms with E-state index in [0.717, 1.165) is 10.6 Å². The van der Waals surface area contributed by atoms with Gasteiger partial charge < -0.3 is 25.0 Å². The summed E-state index contributed by atoms with van der Waals surface area (Å²) in [6, 6.07) is 1.71. The number of anilines is 1. The van der Waals surface area contributed by atoms with Crippen LogP contribution in [0.3, 0.4) is 0 Å². The average molecular weight is 353 g/mol. The molecule has 1 aromatic carbocycles. The fourth-order valence-electron chi connectivity index (χ4n) is 2.00. The Morgan fingerprint density at radius 1 is 1.46 bits per heavy atom. The third-order valence-corrected chi connectivity index (χ3v) is 4.22. The lowest BCUT2D eigenvalue weighted by Gasteiger charge is -2.18. The van der Waals surface area contributed by atoms with Gasteiger partial charge in [0, 0.05) is 43.9 Å². The minimum atomic E-state index is -0.247. The number of nitrogens with zero attached hydrogens (tertiary/aromatic N) is 2. The number of aromatic hydroxyl groups is 1. The van der Waals surface area contributed by atoms with Gasteiger partial charge in [-0.25, -0.2) is 0 Å². The Morgan fingerprint density at radius 2 is 2.12 bits per heavy atom. The molecule has 24 heavy (non-hydrogen) atoms. The SMILES string of the molecule is CNc1cc(OC)c(O)c(/C=C/N(C)C(=O)CN(C)C=O)c1SC. The molecule has 0 saturated carbocycles. The number of benzene rings is 1. The summed E-state index contributed by atoms with van der Waals surface area (Å²) in [4.78, 5) is 26.0. The predicted octanol–water partition coefficient (Wildman–Crippen LogP) is 1.68. The van der Waals surface area contributed by atoms with Crippen molar-refractivity contribution in [2.45, 2.75) is 4.90 Å². The zero-order chi connectivity index (χ0) is 18.3. The van der Waals surface area contributed by atoms with Gasteiger partial charge >= 0.3 is 0 Å². The lowest BCUT2D eigenvalue weighted by atomic mass is 10.1. The van der Waals surface area contributed by atoms with Crippen LogP contribution in [-0.4, -0.2) is 68.3 Å². The van der Waals surface area contributed by atoms with Gasteiger partial charge in [-0.15, -0.1) is 11.8 Å². The maximum absolute atomic E-state index is 12.0. The number of ether oxygens (including phenoxy) is 1. The second-order valence-electron chi connectivity index (χ2n) is 5.01. The van der Waals surface area contributed by atoms with Gasteiger partial charge in [-0.05, 0) is 12.3 Å². The number of amides is 2. The largest absolute Gasteiger partial charge is 0.504 e. The van der Waals surface area contributed by atoms with Crippen molar-refractivity contribution < 1.29 is 19.4 Å². The summed E-state index contributed by atoms with van der Waals surface area (Å²) in [5.41, 5.74) is 1.36. The van der Waals surface area contributed by atoms with E-state index in [4.69, 9.17) is 4.74 Å². The minimum absolute atomic E-state index is 0.00274. The van der Waals surface area contributed by atoms with Crippen LogP contribution in [0.1, 0.15) is 5.56 Å². The molecule has 1 aromatic rings. The number of carbonyl (C=O) groups excluding carboxylic acids is 2. The first-order valence-electron chi connectivity index (χ1n) is 7.14. The number of phenols is 1. The highest BCUT2D eigenvalue weighted by atomic mass is 32.2. The molecule has 2 amide bonds. The molecule has 0 aliphatic carbocycles. The van der Waals surface area contributed by atoms with Crippen LogP contribution in [0.25, 0.3) is 6.08 Å². The molecule has 0 bridgehead atoms. The maximum atomic E-state index is 12.0. The number of methoxy groups -OCH3 is 1. The molecule has 132 valence electrons. The normalized spacial score (nSPS) is 10.5. The third kappa shape index (κ3) is 4.58. The Bertz CT molecular complexity index is 634. The zero-order valence-electron chi connectivity index (χ0n) is 14.5. The van der Waals surface area contributed by atoms with E-state index in [-0.39, 0.29) is 18.2 Å². The molecule has 2 N–H and O–H groups in total. The highest BCUT2D eigenvalue weighted by Gasteiger charge is 2.16. The number of phenolic OH excluding ortho intramolecular Hbond substituents is 1. The van der Waals surface area contributed by atoms with Crippen LogP contribution in [0.4, 0.5) is 5.69 Å². The van der Waals surface area contributed by atoms with Crippen molar-refractivity contribution in [2.24, 2.45) is 0 Å². The third-order valence-electron chi connectivity index (χ3n) is 3.37. The number of rotatable bonds is 8. The first-order chi connectivity index (χ1) is 11.4. The molecule has 0 radical (unpaired) electrons. The summed E-state index contributed by atoms with van der Waals surface area (Å²) in [6.45, 7) is -0.0222. The molecule has 0 fully saturated rings. The van der Waals surface area contributed by atoms with E-state index in [1.165, 1.54) is 35.7 Å². The Labute approximate surface area is 146 Å². The van der Waals surface area contributed by atoms with Gasteiger partial charge in [0.15, 0.2) is 11.5 Å². The van der Waals surface area contributed by atoms with Gasteiger partial charge in [0.1, 0.15) is 0 Å².